The van der Waals surface area contributed by atoms with Crippen LogP contribution in [0.5, 0.6) is 11.5 Å². The Hall–Kier alpha value is -2.24. The van der Waals surface area contributed by atoms with Crippen molar-refractivity contribution in [1.82, 2.24) is 10.6 Å². The van der Waals surface area contributed by atoms with Gasteiger partial charge in [-0.25, -0.2) is 0 Å². The number of rotatable bonds is 8. The van der Waals surface area contributed by atoms with Crippen molar-refractivity contribution in [3.05, 3.63) is 23.8 Å². The number of amides is 2. The predicted molar refractivity (Wildman–Crippen MR) is 102 cm³/mol. The van der Waals surface area contributed by atoms with E-state index in [1.807, 2.05) is 59.7 Å². The Bertz CT molecular complexity index is 623. The van der Waals surface area contributed by atoms with E-state index in [4.69, 9.17) is 9.47 Å². The lowest BCUT2D eigenvalue weighted by molar-refractivity contribution is -0.133. The van der Waals surface area contributed by atoms with Gasteiger partial charge in [-0.2, -0.15) is 0 Å². The highest BCUT2D eigenvalue weighted by Crippen LogP contribution is 2.30. The van der Waals surface area contributed by atoms with Crippen LogP contribution in [0, 0.1) is 5.41 Å². The predicted octanol–water partition coefficient (Wildman–Crippen LogP) is 3.21. The van der Waals surface area contributed by atoms with E-state index >= 15 is 0 Å². The molecule has 2 atom stereocenters. The summed E-state index contributed by atoms with van der Waals surface area (Å²) in [5.41, 5.74) is 0.362. The van der Waals surface area contributed by atoms with Crippen molar-refractivity contribution in [1.29, 1.82) is 0 Å². The summed E-state index contributed by atoms with van der Waals surface area (Å²) in [6.07, 6.45) is 0. The zero-order chi connectivity index (χ0) is 19.9. The average Bonchev–Trinajstić information content (AvgIpc) is 2.55. The summed E-state index contributed by atoms with van der Waals surface area (Å²) in [5, 5.41) is 5.66. The lowest BCUT2D eigenvalue weighted by Crippen LogP contribution is -2.48. The maximum absolute atomic E-state index is 12.4. The zero-order valence-corrected chi connectivity index (χ0v) is 16.9. The van der Waals surface area contributed by atoms with Crippen LogP contribution in [0.15, 0.2) is 18.2 Å². The van der Waals surface area contributed by atoms with Crippen molar-refractivity contribution in [3.63, 3.8) is 0 Å². The largest absolute Gasteiger partial charge is 0.490 e. The summed E-state index contributed by atoms with van der Waals surface area (Å²) in [5.74, 6) is 0.943. The van der Waals surface area contributed by atoms with Crippen LogP contribution in [0.2, 0.25) is 0 Å². The Morgan fingerprint density at radius 1 is 1.00 bits per heavy atom. The molecular weight excluding hydrogens is 332 g/mol. The molecule has 2 unspecified atom stereocenters. The van der Waals surface area contributed by atoms with Crippen LogP contribution in [0.25, 0.3) is 0 Å². The Morgan fingerprint density at radius 3 is 2.12 bits per heavy atom. The topological polar surface area (TPSA) is 76.7 Å². The first-order chi connectivity index (χ1) is 12.1. The van der Waals surface area contributed by atoms with E-state index in [-0.39, 0.29) is 17.9 Å². The Morgan fingerprint density at radius 2 is 1.58 bits per heavy atom. The van der Waals surface area contributed by atoms with Crippen LogP contribution in [-0.2, 0) is 9.59 Å². The minimum atomic E-state index is -0.613. The summed E-state index contributed by atoms with van der Waals surface area (Å²) < 4.78 is 11.2. The van der Waals surface area contributed by atoms with E-state index in [0.717, 1.165) is 5.56 Å². The summed E-state index contributed by atoms with van der Waals surface area (Å²) in [6, 6.07) is 4.77. The van der Waals surface area contributed by atoms with E-state index < -0.39 is 11.5 Å². The van der Waals surface area contributed by atoms with E-state index in [1.54, 1.807) is 6.92 Å². The van der Waals surface area contributed by atoms with Gasteiger partial charge >= 0.3 is 0 Å². The molecule has 0 saturated heterocycles. The first-order valence-corrected chi connectivity index (χ1v) is 9.11. The number of benzene rings is 1. The van der Waals surface area contributed by atoms with Gasteiger partial charge in [0, 0.05) is 5.41 Å². The molecule has 1 aromatic carbocycles. The number of nitrogens with one attached hydrogen (secondary N) is 2. The maximum Gasteiger partial charge on any atom is 0.242 e. The van der Waals surface area contributed by atoms with Crippen molar-refractivity contribution in [2.45, 2.75) is 60.5 Å². The second-order valence-electron chi connectivity index (χ2n) is 7.25. The third-order valence-electron chi connectivity index (χ3n) is 3.85. The van der Waals surface area contributed by atoms with E-state index in [0.29, 0.717) is 24.7 Å². The standard InChI is InChI=1S/C20H32N2O4/c1-8-25-16-11-10-15(12-17(16)26-9-2)13(3)21-18(23)14(4)22-19(24)20(5,6)7/h10-14H,8-9H2,1-7H3,(H,21,23)(H,22,24). The van der Waals surface area contributed by atoms with Gasteiger partial charge in [-0.1, -0.05) is 26.8 Å². The fraction of sp³-hybridized carbons (Fsp3) is 0.600. The molecule has 1 aromatic rings. The number of carbonyl (C=O) groups excluding carboxylic acids is 2. The van der Waals surface area contributed by atoms with Crippen LogP contribution in [-0.4, -0.2) is 31.1 Å². The minimum absolute atomic E-state index is 0.160. The first-order valence-electron chi connectivity index (χ1n) is 9.11. The molecule has 0 saturated carbocycles. The van der Waals surface area contributed by atoms with Crippen molar-refractivity contribution in [2.75, 3.05) is 13.2 Å². The van der Waals surface area contributed by atoms with Gasteiger partial charge in [-0.15, -0.1) is 0 Å². The molecular formula is C20H32N2O4. The smallest absolute Gasteiger partial charge is 0.242 e. The van der Waals surface area contributed by atoms with Crippen LogP contribution in [0.4, 0.5) is 0 Å². The quantitative estimate of drug-likeness (QED) is 0.743. The van der Waals surface area contributed by atoms with Gasteiger partial charge in [0.05, 0.1) is 19.3 Å². The van der Waals surface area contributed by atoms with Crippen molar-refractivity contribution in [2.24, 2.45) is 5.41 Å². The number of ether oxygens (including phenoxy) is 2. The second-order valence-corrected chi connectivity index (χ2v) is 7.25. The highest BCUT2D eigenvalue weighted by molar-refractivity contribution is 5.89. The monoisotopic (exact) mass is 364 g/mol. The molecule has 0 aromatic heterocycles. The Labute approximate surface area is 156 Å². The summed E-state index contributed by atoms with van der Waals surface area (Å²) >= 11 is 0. The van der Waals surface area contributed by atoms with Gasteiger partial charge in [0.15, 0.2) is 11.5 Å². The molecule has 2 N–H and O–H groups in total. The fourth-order valence-corrected chi connectivity index (χ4v) is 2.24. The number of hydrogen-bond donors (Lipinski definition) is 2. The van der Waals surface area contributed by atoms with Crippen LogP contribution >= 0.6 is 0 Å². The molecule has 0 radical (unpaired) electrons. The Kier molecular flexibility index (Phi) is 7.93. The van der Waals surface area contributed by atoms with Gasteiger partial charge in [-0.05, 0) is 45.4 Å². The number of hydrogen-bond acceptors (Lipinski definition) is 4. The van der Waals surface area contributed by atoms with Crippen molar-refractivity contribution < 1.29 is 19.1 Å². The van der Waals surface area contributed by atoms with Crippen LogP contribution in [0.1, 0.15) is 60.1 Å². The summed E-state index contributed by atoms with van der Waals surface area (Å²) in [6.45, 7) is 13.9. The minimum Gasteiger partial charge on any atom is -0.490 e. The molecule has 2 amide bonds. The molecule has 6 heteroatoms. The fourth-order valence-electron chi connectivity index (χ4n) is 2.24. The molecule has 0 aliphatic carbocycles. The lowest BCUT2D eigenvalue weighted by atomic mass is 9.95. The maximum atomic E-state index is 12.4. The highest BCUT2D eigenvalue weighted by Gasteiger charge is 2.25. The molecule has 0 aliphatic rings. The molecule has 0 aliphatic heterocycles. The average molecular weight is 364 g/mol. The molecule has 6 nitrogen and oxygen atoms in total. The van der Waals surface area contributed by atoms with Crippen LogP contribution < -0.4 is 20.1 Å². The summed E-state index contributed by atoms with van der Waals surface area (Å²) in [4.78, 5) is 24.4. The van der Waals surface area contributed by atoms with Gasteiger partial charge in [-0.3, -0.25) is 9.59 Å². The SMILES string of the molecule is CCOc1ccc(C(C)NC(=O)C(C)NC(=O)C(C)(C)C)cc1OCC. The van der Waals surface area contributed by atoms with Gasteiger partial charge in [0.1, 0.15) is 6.04 Å². The van der Waals surface area contributed by atoms with E-state index in [1.165, 1.54) is 0 Å². The van der Waals surface area contributed by atoms with E-state index in [9.17, 15) is 9.59 Å². The van der Waals surface area contributed by atoms with Gasteiger partial charge in [0.25, 0.3) is 0 Å². The van der Waals surface area contributed by atoms with Gasteiger partial charge < -0.3 is 20.1 Å². The highest BCUT2D eigenvalue weighted by atomic mass is 16.5. The lowest BCUT2D eigenvalue weighted by Gasteiger charge is -2.23. The van der Waals surface area contributed by atoms with Crippen LogP contribution in [0.3, 0.4) is 0 Å². The molecule has 0 fully saturated rings. The van der Waals surface area contributed by atoms with E-state index in [2.05, 4.69) is 10.6 Å². The molecule has 0 spiro atoms. The van der Waals surface area contributed by atoms with Crippen molar-refractivity contribution >= 4 is 11.8 Å². The molecule has 0 heterocycles. The second kappa shape index (κ2) is 9.46. The van der Waals surface area contributed by atoms with Gasteiger partial charge in [0.2, 0.25) is 11.8 Å². The summed E-state index contributed by atoms with van der Waals surface area (Å²) in [7, 11) is 0. The molecule has 0 bridgehead atoms. The third kappa shape index (κ3) is 6.24. The molecule has 1 rings (SSSR count). The van der Waals surface area contributed by atoms with Crippen molar-refractivity contribution in [3.8, 4) is 11.5 Å². The Balaban J connectivity index is 2.80. The zero-order valence-electron chi connectivity index (χ0n) is 16.9. The third-order valence-corrected chi connectivity index (χ3v) is 3.85. The normalized spacial score (nSPS) is 13.5. The molecule has 146 valence electrons. The first kappa shape index (κ1) is 21.8. The number of carbonyl (C=O) groups is 2. The molecule has 26 heavy (non-hydrogen) atoms.